The van der Waals surface area contributed by atoms with E-state index in [1.165, 1.54) is 0 Å². The molecule has 5 heteroatoms. The maximum atomic E-state index is 9.32. The van der Waals surface area contributed by atoms with Gasteiger partial charge in [-0.1, -0.05) is 48.9 Å². The summed E-state index contributed by atoms with van der Waals surface area (Å²) in [6.45, 7) is 3.10. The van der Waals surface area contributed by atoms with Gasteiger partial charge in [0.1, 0.15) is 6.61 Å². The molecule has 0 fully saturated rings. The molecule has 0 radical (unpaired) electrons. The number of rotatable bonds is 9. The zero-order valence-corrected chi connectivity index (χ0v) is 14.8. The van der Waals surface area contributed by atoms with Crippen LogP contribution in [0.4, 0.5) is 0 Å². The topological polar surface area (TPSA) is 50.7 Å². The van der Waals surface area contributed by atoms with E-state index in [1.807, 2.05) is 49.4 Å². The van der Waals surface area contributed by atoms with Crippen LogP contribution in [0.2, 0.25) is 5.02 Å². The number of para-hydroxylation sites is 1. The number of ether oxygens (including phenoxy) is 2. The lowest BCUT2D eigenvalue weighted by atomic mass is 10.1. The largest absolute Gasteiger partial charge is 0.493 e. The van der Waals surface area contributed by atoms with Gasteiger partial charge in [-0.2, -0.15) is 0 Å². The molecule has 0 unspecified atom stereocenters. The van der Waals surface area contributed by atoms with Crippen molar-refractivity contribution in [1.82, 2.24) is 5.32 Å². The number of hydrogen-bond donors (Lipinski definition) is 2. The van der Waals surface area contributed by atoms with Crippen molar-refractivity contribution in [3.05, 3.63) is 58.6 Å². The van der Waals surface area contributed by atoms with Crippen LogP contribution < -0.4 is 14.8 Å². The number of aliphatic hydroxyl groups is 1. The molecule has 0 bridgehead atoms. The van der Waals surface area contributed by atoms with Gasteiger partial charge in [-0.25, -0.2) is 0 Å². The first-order chi connectivity index (χ1) is 11.7. The Bertz CT molecular complexity index is 644. The van der Waals surface area contributed by atoms with Gasteiger partial charge < -0.3 is 19.9 Å². The van der Waals surface area contributed by atoms with E-state index in [0.717, 1.165) is 17.5 Å². The lowest BCUT2D eigenvalue weighted by Crippen LogP contribution is -2.31. The first-order valence-electron chi connectivity index (χ1n) is 8.05. The summed E-state index contributed by atoms with van der Waals surface area (Å²) in [5.74, 6) is 1.37. The van der Waals surface area contributed by atoms with Crippen LogP contribution in [0.3, 0.4) is 0 Å². The van der Waals surface area contributed by atoms with Crippen LogP contribution >= 0.6 is 11.6 Å². The van der Waals surface area contributed by atoms with Crippen LogP contribution in [-0.2, 0) is 13.2 Å². The summed E-state index contributed by atoms with van der Waals surface area (Å²) in [6, 6.07) is 13.5. The fraction of sp³-hybridized carbons (Fsp3) is 0.368. The Morgan fingerprint density at radius 3 is 2.54 bits per heavy atom. The monoisotopic (exact) mass is 349 g/mol. The summed E-state index contributed by atoms with van der Waals surface area (Å²) in [7, 11) is 1.62. The summed E-state index contributed by atoms with van der Waals surface area (Å²) in [5, 5.41) is 13.3. The van der Waals surface area contributed by atoms with Crippen molar-refractivity contribution in [3.63, 3.8) is 0 Å². The molecule has 1 atom stereocenters. The minimum absolute atomic E-state index is 0.0626. The van der Waals surface area contributed by atoms with Crippen molar-refractivity contribution in [2.75, 3.05) is 13.7 Å². The fourth-order valence-corrected chi connectivity index (χ4v) is 2.57. The fourth-order valence-electron chi connectivity index (χ4n) is 2.38. The molecule has 0 amide bonds. The Kier molecular flexibility index (Phi) is 7.37. The molecule has 0 saturated heterocycles. The van der Waals surface area contributed by atoms with Gasteiger partial charge in [0.05, 0.1) is 13.7 Å². The minimum Gasteiger partial charge on any atom is -0.493 e. The zero-order valence-electron chi connectivity index (χ0n) is 14.1. The summed E-state index contributed by atoms with van der Waals surface area (Å²) in [6.07, 6.45) is 0.857. The van der Waals surface area contributed by atoms with E-state index in [4.69, 9.17) is 21.1 Å². The Morgan fingerprint density at radius 2 is 1.88 bits per heavy atom. The molecule has 0 aliphatic carbocycles. The van der Waals surface area contributed by atoms with Gasteiger partial charge in [-0.3, -0.25) is 0 Å². The SMILES string of the molecule is CC[C@H](CO)NCc1cccc(OC)c1OCc1ccccc1Cl. The molecule has 0 aliphatic heterocycles. The summed E-state index contributed by atoms with van der Waals surface area (Å²) in [4.78, 5) is 0. The van der Waals surface area contributed by atoms with Crippen molar-refractivity contribution in [2.45, 2.75) is 32.5 Å². The number of halogens is 1. The normalized spacial score (nSPS) is 12.0. The average Bonchev–Trinajstić information content (AvgIpc) is 2.62. The molecule has 0 spiro atoms. The number of hydrogen-bond acceptors (Lipinski definition) is 4. The molecule has 4 nitrogen and oxygen atoms in total. The number of nitrogens with one attached hydrogen (secondary N) is 1. The van der Waals surface area contributed by atoms with Crippen LogP contribution in [-0.4, -0.2) is 24.9 Å². The third kappa shape index (κ3) is 4.87. The van der Waals surface area contributed by atoms with Crippen molar-refractivity contribution < 1.29 is 14.6 Å². The molecule has 2 N–H and O–H groups in total. The van der Waals surface area contributed by atoms with Gasteiger partial charge in [0.2, 0.25) is 0 Å². The predicted molar refractivity (Wildman–Crippen MR) is 96.8 cm³/mol. The second-order valence-corrected chi connectivity index (χ2v) is 5.90. The second kappa shape index (κ2) is 9.52. The quantitative estimate of drug-likeness (QED) is 0.723. The molecule has 24 heavy (non-hydrogen) atoms. The van der Waals surface area contributed by atoms with E-state index in [0.29, 0.717) is 29.7 Å². The maximum absolute atomic E-state index is 9.32. The average molecular weight is 350 g/mol. The molecule has 0 aromatic heterocycles. The standard InChI is InChI=1S/C19H24ClNO3/c1-3-16(12-22)21-11-14-8-6-10-18(23-2)19(14)24-13-15-7-4-5-9-17(15)20/h4-10,16,21-22H,3,11-13H2,1-2H3/t16-/m1/s1. The van der Waals surface area contributed by atoms with Crippen LogP contribution in [0.15, 0.2) is 42.5 Å². The Morgan fingerprint density at radius 1 is 1.12 bits per heavy atom. The highest BCUT2D eigenvalue weighted by Crippen LogP contribution is 2.32. The van der Waals surface area contributed by atoms with E-state index in [2.05, 4.69) is 5.32 Å². The molecular weight excluding hydrogens is 326 g/mol. The first kappa shape index (κ1) is 18.6. The molecule has 2 aromatic carbocycles. The van der Waals surface area contributed by atoms with Gasteiger partial charge in [0.25, 0.3) is 0 Å². The number of benzene rings is 2. The molecule has 130 valence electrons. The van der Waals surface area contributed by atoms with E-state index in [-0.39, 0.29) is 12.6 Å². The molecule has 0 aliphatic rings. The first-order valence-corrected chi connectivity index (χ1v) is 8.43. The predicted octanol–water partition coefficient (Wildman–Crippen LogP) is 3.79. The Balaban J connectivity index is 2.15. The zero-order chi connectivity index (χ0) is 17.4. The highest BCUT2D eigenvalue weighted by molar-refractivity contribution is 6.31. The van der Waals surface area contributed by atoms with Gasteiger partial charge in [0.15, 0.2) is 11.5 Å². The highest BCUT2D eigenvalue weighted by Gasteiger charge is 2.13. The molecule has 2 aromatic rings. The van der Waals surface area contributed by atoms with Gasteiger partial charge in [0, 0.05) is 28.7 Å². The van der Waals surface area contributed by atoms with E-state index >= 15 is 0 Å². The summed E-state index contributed by atoms with van der Waals surface area (Å²) >= 11 is 6.19. The highest BCUT2D eigenvalue weighted by atomic mass is 35.5. The third-order valence-corrected chi connectivity index (χ3v) is 4.27. The molecule has 2 rings (SSSR count). The summed E-state index contributed by atoms with van der Waals surface area (Å²) in [5.41, 5.74) is 1.90. The van der Waals surface area contributed by atoms with Gasteiger partial charge in [-0.05, 0) is 18.6 Å². The van der Waals surface area contributed by atoms with Crippen molar-refractivity contribution >= 4 is 11.6 Å². The minimum atomic E-state index is 0.0626. The van der Waals surface area contributed by atoms with Crippen LogP contribution in [0.1, 0.15) is 24.5 Å². The lowest BCUT2D eigenvalue weighted by Gasteiger charge is -2.18. The van der Waals surface area contributed by atoms with Crippen LogP contribution in [0.25, 0.3) is 0 Å². The Labute approximate surface area is 148 Å². The second-order valence-electron chi connectivity index (χ2n) is 5.50. The number of methoxy groups -OCH3 is 1. The van der Waals surface area contributed by atoms with Crippen molar-refractivity contribution in [3.8, 4) is 11.5 Å². The molecular formula is C19H24ClNO3. The van der Waals surface area contributed by atoms with Crippen LogP contribution in [0.5, 0.6) is 11.5 Å². The molecule has 0 heterocycles. The lowest BCUT2D eigenvalue weighted by molar-refractivity contribution is 0.236. The van der Waals surface area contributed by atoms with Crippen molar-refractivity contribution in [1.29, 1.82) is 0 Å². The Hall–Kier alpha value is -1.75. The molecule has 0 saturated carbocycles. The summed E-state index contributed by atoms with van der Waals surface area (Å²) < 4.78 is 11.4. The van der Waals surface area contributed by atoms with Crippen molar-refractivity contribution in [2.24, 2.45) is 0 Å². The smallest absolute Gasteiger partial charge is 0.166 e. The van der Waals surface area contributed by atoms with E-state index < -0.39 is 0 Å². The van der Waals surface area contributed by atoms with Gasteiger partial charge in [-0.15, -0.1) is 0 Å². The van der Waals surface area contributed by atoms with Gasteiger partial charge >= 0.3 is 0 Å². The van der Waals surface area contributed by atoms with E-state index in [9.17, 15) is 5.11 Å². The maximum Gasteiger partial charge on any atom is 0.166 e. The number of aliphatic hydroxyl groups excluding tert-OH is 1. The van der Waals surface area contributed by atoms with Crippen LogP contribution in [0, 0.1) is 0 Å². The van der Waals surface area contributed by atoms with E-state index in [1.54, 1.807) is 7.11 Å². The third-order valence-electron chi connectivity index (χ3n) is 3.90.